The maximum atomic E-state index is 10.2. The first kappa shape index (κ1) is 6.86. The fourth-order valence-corrected chi connectivity index (χ4v) is 4.04. The molecule has 46 valence electrons. The number of nitrogens with zero attached hydrogens (tertiary/aromatic N) is 1. The average Bonchev–Trinajstić information content (AvgIpc) is 2.14. The van der Waals surface area contributed by atoms with Gasteiger partial charge in [0.25, 0.3) is 0 Å². The van der Waals surface area contributed by atoms with Gasteiger partial charge in [-0.25, -0.2) is 0 Å². The van der Waals surface area contributed by atoms with Gasteiger partial charge in [-0.15, -0.1) is 0 Å². The van der Waals surface area contributed by atoms with Crippen LogP contribution in [0.15, 0.2) is 12.9 Å². The molecule has 1 heterocycles. The summed E-state index contributed by atoms with van der Waals surface area (Å²) in [4.78, 5) is 10.2. The van der Waals surface area contributed by atoms with Gasteiger partial charge in [-0.05, 0) is 0 Å². The first-order valence-corrected chi connectivity index (χ1v) is 9.36. The number of rotatable bonds is 1. The zero-order valence-corrected chi connectivity index (χ0v) is 8.33. The van der Waals surface area contributed by atoms with Gasteiger partial charge in [-0.3, -0.25) is 0 Å². The molecule has 0 fully saturated rings. The molecule has 3 nitrogen and oxygen atoms in total. The molecule has 1 rings (SSSR count). The predicted molar refractivity (Wildman–Crippen MR) is 35.8 cm³/mol. The van der Waals surface area contributed by atoms with Crippen LogP contribution in [0, 0.1) is 0 Å². The molecule has 0 radical (unpaired) electrons. The van der Waals surface area contributed by atoms with Crippen molar-refractivity contribution in [1.29, 1.82) is 0 Å². The minimum atomic E-state index is -1.74. The van der Waals surface area contributed by atoms with Crippen molar-refractivity contribution in [2.45, 2.75) is 4.68 Å². The quantitative estimate of drug-likeness (QED) is 0.697. The summed E-state index contributed by atoms with van der Waals surface area (Å²) in [5, 5.41) is 8.38. The molecule has 0 aromatic carbocycles. The Balaban J connectivity index is 2.75. The number of carboxylic acids is 1. The van der Waals surface area contributed by atoms with Crippen LogP contribution in [0.5, 0.6) is 0 Å². The Bertz CT molecular complexity index is 197. The van der Waals surface area contributed by atoms with Crippen molar-refractivity contribution in [3.8, 4) is 0 Å². The van der Waals surface area contributed by atoms with Gasteiger partial charge in [0.1, 0.15) is 0 Å². The summed E-state index contributed by atoms with van der Waals surface area (Å²) in [5.74, 6) is -0.896. The Hall–Kier alpha value is -0.250. The van der Waals surface area contributed by atoms with Gasteiger partial charge in [0, 0.05) is 0 Å². The van der Waals surface area contributed by atoms with E-state index in [0.717, 1.165) is 0 Å². The van der Waals surface area contributed by atoms with E-state index in [1.54, 1.807) is 6.08 Å². The van der Waals surface area contributed by atoms with Gasteiger partial charge in [0.05, 0.1) is 0 Å². The molecule has 0 amide bonds. The molecule has 1 aliphatic heterocycles. The molecular formula is C5H6InNO2. The van der Waals surface area contributed by atoms with Crippen LogP contribution in [0.4, 0.5) is 0 Å². The van der Waals surface area contributed by atoms with Gasteiger partial charge in [0.2, 0.25) is 0 Å². The van der Waals surface area contributed by atoms with Crippen LogP contribution >= 0.6 is 0 Å². The summed E-state index contributed by atoms with van der Waals surface area (Å²) in [6.07, 6.45) is 1.61. The molecule has 0 spiro atoms. The van der Waals surface area contributed by atoms with Gasteiger partial charge in [0.15, 0.2) is 0 Å². The summed E-state index contributed by atoms with van der Waals surface area (Å²) in [7, 11) is 0. The number of aliphatic carboxylic acids is 1. The Labute approximate surface area is 61.0 Å². The molecule has 0 saturated carbocycles. The second-order valence-corrected chi connectivity index (χ2v) is 7.98. The fourth-order valence-electron chi connectivity index (χ4n) is 0.662. The Morgan fingerprint density at radius 2 is 2.56 bits per heavy atom. The summed E-state index contributed by atoms with van der Waals surface area (Å²) < 4.78 is 8.02. The second kappa shape index (κ2) is 2.56. The first-order chi connectivity index (χ1) is 4.20. The van der Waals surface area contributed by atoms with E-state index >= 15 is 0 Å². The monoisotopic (exact) mass is 227 g/mol. The molecule has 1 N–H and O–H groups in total. The predicted octanol–water partition coefficient (Wildman–Crippen LogP) is 0.242. The molecule has 0 aromatic heterocycles. The van der Waals surface area contributed by atoms with Crippen molar-refractivity contribution in [3.63, 3.8) is 0 Å². The number of hydrogen-bond donors (Lipinski definition) is 1. The van der Waals surface area contributed by atoms with Crippen LogP contribution in [-0.2, 0) is 4.79 Å². The van der Waals surface area contributed by atoms with Crippen molar-refractivity contribution in [2.75, 3.05) is 0 Å². The standard InChI is InChI=1S/C4H3NO2.CH3.In/c1-2-3(5)4(6)7;;/h1-2H,(H,6,7);1H3;/q-1;;+1. The third kappa shape index (κ3) is 1.58. The summed E-state index contributed by atoms with van der Waals surface area (Å²) in [6, 6.07) is 0. The zero-order valence-electron chi connectivity index (χ0n) is 5.03. The van der Waals surface area contributed by atoms with Crippen LogP contribution < -0.4 is 0 Å². The van der Waals surface area contributed by atoms with E-state index in [4.69, 9.17) is 5.11 Å². The molecule has 0 bridgehead atoms. The number of carbonyl (C=O) groups is 1. The van der Waals surface area contributed by atoms with Crippen LogP contribution in [0.1, 0.15) is 0 Å². The summed E-state index contributed by atoms with van der Waals surface area (Å²) >= 11 is -1.74. The van der Waals surface area contributed by atoms with E-state index in [1.807, 2.05) is 8.51 Å². The van der Waals surface area contributed by atoms with Crippen LogP contribution in [0.3, 0.4) is 0 Å². The third-order valence-corrected chi connectivity index (χ3v) is 5.19. The molecule has 0 aromatic rings. The van der Waals surface area contributed by atoms with Crippen molar-refractivity contribution in [3.05, 3.63) is 9.91 Å². The summed E-state index contributed by atoms with van der Waals surface area (Å²) in [5.41, 5.74) is 0.248. The van der Waals surface area contributed by atoms with E-state index in [9.17, 15) is 4.79 Å². The Morgan fingerprint density at radius 3 is 2.78 bits per heavy atom. The molecule has 9 heavy (non-hydrogen) atoms. The minimum absolute atomic E-state index is 0.248. The maximum absolute atomic E-state index is 10.2. The van der Waals surface area contributed by atoms with E-state index in [-0.39, 0.29) is 5.71 Å². The van der Waals surface area contributed by atoms with E-state index < -0.39 is 27.7 Å². The van der Waals surface area contributed by atoms with Crippen molar-refractivity contribution < 1.29 is 9.90 Å². The average molecular weight is 227 g/mol. The molecular weight excluding hydrogens is 221 g/mol. The van der Waals surface area contributed by atoms with E-state index in [1.165, 1.54) is 0 Å². The molecule has 0 saturated heterocycles. The summed E-state index contributed by atoms with van der Waals surface area (Å²) in [6.45, 7) is 0. The van der Waals surface area contributed by atoms with E-state index in [0.29, 0.717) is 0 Å². The zero-order chi connectivity index (χ0) is 6.85. The SMILES string of the molecule is [CH3][In]1[CH]=CC(C(=O)O)=[N]1. The molecule has 1 aliphatic rings. The van der Waals surface area contributed by atoms with Crippen LogP contribution in [-0.4, -0.2) is 38.5 Å². The van der Waals surface area contributed by atoms with Crippen molar-refractivity contribution in [2.24, 2.45) is 2.98 Å². The normalized spacial score (nSPS) is 16.1. The Morgan fingerprint density at radius 1 is 1.89 bits per heavy atom. The van der Waals surface area contributed by atoms with Gasteiger partial charge in [-0.2, -0.15) is 0 Å². The fraction of sp³-hybridized carbons (Fsp3) is 0.200. The molecule has 0 unspecified atom stereocenters. The topological polar surface area (TPSA) is 49.7 Å². The van der Waals surface area contributed by atoms with Crippen molar-refractivity contribution in [1.82, 2.24) is 0 Å². The Kier molecular flexibility index (Phi) is 1.95. The van der Waals surface area contributed by atoms with Gasteiger partial charge >= 0.3 is 60.9 Å². The second-order valence-electron chi connectivity index (χ2n) is 1.92. The molecule has 4 heteroatoms. The third-order valence-electron chi connectivity index (χ3n) is 1.09. The molecule has 0 atom stereocenters. The van der Waals surface area contributed by atoms with Gasteiger partial charge in [-0.1, -0.05) is 0 Å². The van der Waals surface area contributed by atoms with E-state index in [2.05, 4.69) is 2.98 Å². The van der Waals surface area contributed by atoms with Crippen LogP contribution in [0.25, 0.3) is 0 Å². The van der Waals surface area contributed by atoms with Gasteiger partial charge < -0.3 is 0 Å². The number of hydrogen-bond acceptors (Lipinski definition) is 2. The molecule has 0 aliphatic carbocycles. The van der Waals surface area contributed by atoms with Crippen molar-refractivity contribution >= 4 is 33.4 Å². The first-order valence-electron chi connectivity index (χ1n) is 2.69. The van der Waals surface area contributed by atoms with Crippen LogP contribution in [0.2, 0.25) is 4.68 Å². The number of carboxylic acid groups (broad SMARTS) is 1.